The Bertz CT molecular complexity index is 1120. The molecule has 2 fully saturated rings. The van der Waals surface area contributed by atoms with Gasteiger partial charge in [-0.2, -0.15) is 23.5 Å². The molecule has 2 aliphatic rings. The molecular formula is C24H28F3N5O2. The Morgan fingerprint density at radius 1 is 1.35 bits per heavy atom. The normalized spacial score (nSPS) is 22.6. The van der Waals surface area contributed by atoms with E-state index in [1.165, 1.54) is 6.07 Å². The zero-order valence-corrected chi connectivity index (χ0v) is 19.5. The highest BCUT2D eigenvalue weighted by Crippen LogP contribution is 2.45. The average Bonchev–Trinajstić information content (AvgIpc) is 3.35. The minimum atomic E-state index is -4.60. The fourth-order valence-corrected chi connectivity index (χ4v) is 5.25. The number of halogens is 3. The molecule has 1 aromatic heterocycles. The van der Waals surface area contributed by atoms with E-state index in [0.717, 1.165) is 6.07 Å². The fourth-order valence-electron chi connectivity index (χ4n) is 5.25. The molecule has 0 bridgehead atoms. The molecular weight excluding hydrogens is 447 g/mol. The number of benzene rings is 1. The summed E-state index contributed by atoms with van der Waals surface area (Å²) in [5.74, 6) is -0.0427. The van der Waals surface area contributed by atoms with E-state index in [4.69, 9.17) is 10.00 Å². The molecule has 1 aromatic carbocycles. The maximum atomic E-state index is 13.5. The number of fused-ring (bicyclic) bond motifs is 1. The molecule has 182 valence electrons. The predicted molar refractivity (Wildman–Crippen MR) is 119 cm³/mol. The summed E-state index contributed by atoms with van der Waals surface area (Å²) in [6.45, 7) is 6.87. The minimum Gasteiger partial charge on any atom is -0.381 e. The van der Waals surface area contributed by atoms with E-state index in [9.17, 15) is 18.0 Å². The van der Waals surface area contributed by atoms with Gasteiger partial charge in [-0.25, -0.2) is 0 Å². The summed E-state index contributed by atoms with van der Waals surface area (Å²) in [5.41, 5.74) is 0.103. The van der Waals surface area contributed by atoms with E-state index in [2.05, 4.69) is 5.10 Å². The number of carbonyl (C=O) groups excluding carboxylic acids is 1. The Hall–Kier alpha value is -3.06. The average molecular weight is 476 g/mol. The van der Waals surface area contributed by atoms with Crippen molar-refractivity contribution in [2.75, 3.05) is 44.3 Å². The van der Waals surface area contributed by atoms with Crippen LogP contribution in [0.1, 0.15) is 40.5 Å². The van der Waals surface area contributed by atoms with Gasteiger partial charge in [0, 0.05) is 63.1 Å². The SMILES string of the molecule is CCOC[C@@]12CCN(c3ccc(C#N)c(C(F)(F)F)c3)C[C@@H]1CN(C(=O)c1cn(C)nc1C)C2. The van der Waals surface area contributed by atoms with E-state index < -0.39 is 11.7 Å². The van der Waals surface area contributed by atoms with Crippen molar-refractivity contribution in [3.05, 3.63) is 46.8 Å². The van der Waals surface area contributed by atoms with Crippen molar-refractivity contribution in [3.8, 4) is 6.07 Å². The first-order chi connectivity index (χ1) is 16.1. The number of aromatic nitrogens is 2. The van der Waals surface area contributed by atoms with Crippen LogP contribution in [0.3, 0.4) is 0 Å². The molecule has 1 amide bonds. The van der Waals surface area contributed by atoms with E-state index in [0.29, 0.717) is 62.8 Å². The molecule has 2 aromatic rings. The molecule has 0 unspecified atom stereocenters. The Morgan fingerprint density at radius 2 is 2.12 bits per heavy atom. The summed E-state index contributed by atoms with van der Waals surface area (Å²) < 4.78 is 47.9. The standard InChI is InChI=1S/C24H28F3N5O2/c1-4-34-15-23-7-8-31(19-6-5-17(10-28)21(9-19)24(25,26)27)11-18(23)12-32(14-23)22(33)20-13-30(3)29-16(20)2/h5-6,9,13,18H,4,7-8,11-12,14-15H2,1-3H3/t18-,23+/m1/s1. The Labute approximate surface area is 196 Å². The van der Waals surface area contributed by atoms with Crippen molar-refractivity contribution in [1.29, 1.82) is 5.26 Å². The number of anilines is 1. The quantitative estimate of drug-likeness (QED) is 0.661. The third-order valence-electron chi connectivity index (χ3n) is 7.05. The monoisotopic (exact) mass is 475 g/mol. The number of nitrogens with zero attached hydrogens (tertiary/aromatic N) is 5. The van der Waals surface area contributed by atoms with Gasteiger partial charge in [0.05, 0.1) is 35.1 Å². The molecule has 0 N–H and O–H groups in total. The van der Waals surface area contributed by atoms with Crippen LogP contribution in [0.2, 0.25) is 0 Å². The van der Waals surface area contributed by atoms with Gasteiger partial charge < -0.3 is 14.5 Å². The lowest BCUT2D eigenvalue weighted by atomic mass is 9.73. The lowest BCUT2D eigenvalue weighted by Crippen LogP contribution is -2.49. The van der Waals surface area contributed by atoms with Crippen LogP contribution in [-0.2, 0) is 18.0 Å². The topological polar surface area (TPSA) is 74.4 Å². The van der Waals surface area contributed by atoms with Crippen LogP contribution < -0.4 is 4.90 Å². The second-order valence-corrected chi connectivity index (χ2v) is 9.22. The van der Waals surface area contributed by atoms with Gasteiger partial charge in [0.15, 0.2) is 0 Å². The number of ether oxygens (including phenoxy) is 1. The number of nitriles is 1. The molecule has 2 saturated heterocycles. The highest BCUT2D eigenvalue weighted by atomic mass is 19.4. The number of rotatable bonds is 5. The molecule has 3 heterocycles. The summed E-state index contributed by atoms with van der Waals surface area (Å²) in [6.07, 6.45) is -2.20. The van der Waals surface area contributed by atoms with Crippen molar-refractivity contribution in [2.45, 2.75) is 26.4 Å². The molecule has 0 aliphatic carbocycles. The zero-order chi connectivity index (χ0) is 24.7. The van der Waals surface area contributed by atoms with Gasteiger partial charge in [-0.3, -0.25) is 9.48 Å². The van der Waals surface area contributed by atoms with Gasteiger partial charge in [0.1, 0.15) is 0 Å². The van der Waals surface area contributed by atoms with Gasteiger partial charge in [-0.15, -0.1) is 0 Å². The lowest BCUT2D eigenvalue weighted by molar-refractivity contribution is -0.137. The number of alkyl halides is 3. The molecule has 0 radical (unpaired) electrons. The van der Waals surface area contributed by atoms with Crippen molar-refractivity contribution in [1.82, 2.24) is 14.7 Å². The lowest BCUT2D eigenvalue weighted by Gasteiger charge is -2.44. The van der Waals surface area contributed by atoms with E-state index >= 15 is 0 Å². The summed E-state index contributed by atoms with van der Waals surface area (Å²) in [5, 5.41) is 13.4. The first-order valence-electron chi connectivity index (χ1n) is 11.3. The second kappa shape index (κ2) is 8.95. The smallest absolute Gasteiger partial charge is 0.381 e. The number of amides is 1. The first kappa shape index (κ1) is 24.1. The van der Waals surface area contributed by atoms with Crippen LogP contribution in [0.25, 0.3) is 0 Å². The highest BCUT2D eigenvalue weighted by Gasteiger charge is 2.51. The Balaban J connectivity index is 1.60. The number of hydrogen-bond acceptors (Lipinski definition) is 5. The molecule has 7 nitrogen and oxygen atoms in total. The van der Waals surface area contributed by atoms with Crippen LogP contribution in [0.15, 0.2) is 24.4 Å². The molecule has 34 heavy (non-hydrogen) atoms. The van der Waals surface area contributed by atoms with Crippen molar-refractivity contribution < 1.29 is 22.7 Å². The number of piperidine rings is 1. The largest absolute Gasteiger partial charge is 0.417 e. The molecule has 0 spiro atoms. The number of aryl methyl sites for hydroxylation is 2. The molecule has 2 atom stereocenters. The van der Waals surface area contributed by atoms with Crippen molar-refractivity contribution >= 4 is 11.6 Å². The fraction of sp³-hybridized carbons (Fsp3) is 0.542. The van der Waals surface area contributed by atoms with Crippen LogP contribution >= 0.6 is 0 Å². The number of carbonyl (C=O) groups is 1. The maximum Gasteiger partial charge on any atom is 0.417 e. The molecule has 0 saturated carbocycles. The van der Waals surface area contributed by atoms with Crippen LogP contribution in [0, 0.1) is 29.6 Å². The molecule has 10 heteroatoms. The third kappa shape index (κ3) is 4.37. The van der Waals surface area contributed by atoms with Crippen LogP contribution in [0.4, 0.5) is 18.9 Å². The van der Waals surface area contributed by atoms with Gasteiger partial charge in [-0.05, 0) is 38.5 Å². The molecule has 2 aliphatic heterocycles. The summed E-state index contributed by atoms with van der Waals surface area (Å²) >= 11 is 0. The summed E-state index contributed by atoms with van der Waals surface area (Å²) in [7, 11) is 1.77. The van der Waals surface area contributed by atoms with E-state index in [-0.39, 0.29) is 22.8 Å². The van der Waals surface area contributed by atoms with Crippen LogP contribution in [-0.4, -0.2) is 60.0 Å². The first-order valence-corrected chi connectivity index (χ1v) is 11.3. The van der Waals surface area contributed by atoms with Gasteiger partial charge in [-0.1, -0.05) is 0 Å². The molecule has 4 rings (SSSR count). The van der Waals surface area contributed by atoms with E-state index in [1.807, 2.05) is 16.7 Å². The van der Waals surface area contributed by atoms with Gasteiger partial charge >= 0.3 is 6.18 Å². The Kier molecular flexibility index (Phi) is 6.34. The van der Waals surface area contributed by atoms with Crippen molar-refractivity contribution in [2.24, 2.45) is 18.4 Å². The van der Waals surface area contributed by atoms with Gasteiger partial charge in [0.25, 0.3) is 5.91 Å². The highest BCUT2D eigenvalue weighted by molar-refractivity contribution is 5.95. The summed E-state index contributed by atoms with van der Waals surface area (Å²) in [4.78, 5) is 17.0. The van der Waals surface area contributed by atoms with Crippen LogP contribution in [0.5, 0.6) is 0 Å². The second-order valence-electron chi connectivity index (χ2n) is 9.22. The summed E-state index contributed by atoms with van der Waals surface area (Å²) in [6, 6.07) is 5.49. The zero-order valence-electron chi connectivity index (χ0n) is 19.5. The van der Waals surface area contributed by atoms with Crippen molar-refractivity contribution in [3.63, 3.8) is 0 Å². The predicted octanol–water partition coefficient (Wildman–Crippen LogP) is 3.62. The van der Waals surface area contributed by atoms with E-state index in [1.54, 1.807) is 37.0 Å². The Morgan fingerprint density at radius 3 is 2.74 bits per heavy atom. The minimum absolute atomic E-state index is 0.0405. The number of hydrogen-bond donors (Lipinski definition) is 0. The maximum absolute atomic E-state index is 13.5. The van der Waals surface area contributed by atoms with Gasteiger partial charge in [0.2, 0.25) is 0 Å². The third-order valence-corrected chi connectivity index (χ3v) is 7.05. The number of likely N-dealkylation sites (tertiary alicyclic amines) is 1.